The van der Waals surface area contributed by atoms with Crippen molar-refractivity contribution in [2.75, 3.05) is 19.6 Å². The Morgan fingerprint density at radius 2 is 1.87 bits per heavy atom. The minimum absolute atomic E-state index is 0.0503. The van der Waals surface area contributed by atoms with E-state index < -0.39 is 10.0 Å². The van der Waals surface area contributed by atoms with E-state index in [0.717, 1.165) is 40.5 Å². The van der Waals surface area contributed by atoms with Gasteiger partial charge in [-0.15, -0.1) is 0 Å². The molecule has 1 unspecified atom stereocenters. The van der Waals surface area contributed by atoms with Crippen LogP contribution in [0.15, 0.2) is 58.0 Å². The number of hydrogen-bond donors (Lipinski definition) is 1. The normalized spacial score (nSPS) is 17.2. The molecule has 0 aliphatic carbocycles. The third kappa shape index (κ3) is 4.99. The summed E-state index contributed by atoms with van der Waals surface area (Å²) in [7, 11) is -3.55. The Labute approximate surface area is 183 Å². The van der Waals surface area contributed by atoms with Crippen LogP contribution < -0.4 is 4.72 Å². The van der Waals surface area contributed by atoms with Gasteiger partial charge in [0, 0.05) is 30.6 Å². The first kappa shape index (κ1) is 21.6. The number of amides is 1. The largest absolute Gasteiger partial charge is 0.464 e. The highest BCUT2D eigenvalue weighted by Crippen LogP contribution is 2.24. The Kier molecular flexibility index (Phi) is 6.16. The monoisotopic (exact) mass is 440 g/mol. The second-order valence-corrected chi connectivity index (χ2v) is 10.2. The van der Waals surface area contributed by atoms with Gasteiger partial charge in [0.25, 0.3) is 0 Å². The summed E-state index contributed by atoms with van der Waals surface area (Å²) >= 11 is 0. The van der Waals surface area contributed by atoms with Crippen molar-refractivity contribution in [3.05, 3.63) is 65.4 Å². The summed E-state index contributed by atoms with van der Waals surface area (Å²) in [5, 5.41) is 0.971. The third-order valence-electron chi connectivity index (χ3n) is 5.92. The zero-order valence-electron chi connectivity index (χ0n) is 17.9. The lowest BCUT2D eigenvalue weighted by molar-refractivity contribution is -0.132. The maximum Gasteiger partial charge on any atom is 0.240 e. The van der Waals surface area contributed by atoms with Crippen LogP contribution in [-0.2, 0) is 21.2 Å². The van der Waals surface area contributed by atoms with Gasteiger partial charge in [0.2, 0.25) is 15.9 Å². The minimum Gasteiger partial charge on any atom is -0.464 e. The van der Waals surface area contributed by atoms with Gasteiger partial charge in [0.05, 0.1) is 17.6 Å². The van der Waals surface area contributed by atoms with Gasteiger partial charge in [-0.1, -0.05) is 29.8 Å². The second kappa shape index (κ2) is 8.85. The molecule has 7 heteroatoms. The smallest absolute Gasteiger partial charge is 0.240 e. The predicted molar refractivity (Wildman–Crippen MR) is 120 cm³/mol. The number of fused-ring (bicyclic) bond motifs is 1. The summed E-state index contributed by atoms with van der Waals surface area (Å²) in [4.78, 5) is 15.0. The Balaban J connectivity index is 1.36. The van der Waals surface area contributed by atoms with Gasteiger partial charge in [0.15, 0.2) is 0 Å². The molecule has 1 saturated heterocycles. The molecule has 1 amide bonds. The summed E-state index contributed by atoms with van der Waals surface area (Å²) in [6, 6.07) is 12.8. The van der Waals surface area contributed by atoms with Gasteiger partial charge in [0.1, 0.15) is 5.58 Å². The highest BCUT2D eigenvalue weighted by atomic mass is 32.2. The number of carbonyl (C=O) groups is 1. The fraction of sp³-hybridized carbons (Fsp3) is 0.375. The lowest BCUT2D eigenvalue weighted by Crippen LogP contribution is -2.44. The molecule has 0 spiro atoms. The van der Waals surface area contributed by atoms with Gasteiger partial charge in [-0.05, 0) is 56.4 Å². The maximum absolute atomic E-state index is 12.9. The van der Waals surface area contributed by atoms with Crippen LogP contribution in [0.1, 0.15) is 29.5 Å². The van der Waals surface area contributed by atoms with E-state index in [9.17, 15) is 13.2 Å². The molecule has 0 saturated carbocycles. The van der Waals surface area contributed by atoms with E-state index in [1.165, 1.54) is 0 Å². The van der Waals surface area contributed by atoms with E-state index in [0.29, 0.717) is 19.6 Å². The molecule has 1 atom stereocenters. The van der Waals surface area contributed by atoms with Crippen LogP contribution in [0.2, 0.25) is 0 Å². The van der Waals surface area contributed by atoms with E-state index in [-0.39, 0.29) is 23.1 Å². The van der Waals surface area contributed by atoms with E-state index >= 15 is 0 Å². The van der Waals surface area contributed by atoms with E-state index in [4.69, 9.17) is 4.42 Å². The summed E-state index contributed by atoms with van der Waals surface area (Å²) < 4.78 is 33.5. The molecule has 1 fully saturated rings. The van der Waals surface area contributed by atoms with Crippen molar-refractivity contribution in [2.24, 2.45) is 5.92 Å². The van der Waals surface area contributed by atoms with Crippen LogP contribution in [-0.4, -0.2) is 38.9 Å². The summed E-state index contributed by atoms with van der Waals surface area (Å²) in [5.41, 5.74) is 3.82. The molecule has 0 bridgehead atoms. The Hall–Kier alpha value is -2.64. The molecule has 2 heterocycles. The van der Waals surface area contributed by atoms with Crippen LogP contribution in [0.25, 0.3) is 11.0 Å². The number of carbonyl (C=O) groups excluding carboxylic acids is 1. The topological polar surface area (TPSA) is 79.6 Å². The van der Waals surface area contributed by atoms with Crippen LogP contribution in [0.5, 0.6) is 0 Å². The zero-order chi connectivity index (χ0) is 22.0. The first-order chi connectivity index (χ1) is 14.8. The maximum atomic E-state index is 12.9. The van der Waals surface area contributed by atoms with Crippen LogP contribution in [0.3, 0.4) is 0 Å². The zero-order valence-corrected chi connectivity index (χ0v) is 18.7. The van der Waals surface area contributed by atoms with Crippen molar-refractivity contribution in [1.29, 1.82) is 0 Å². The second-order valence-electron chi connectivity index (χ2n) is 8.45. The van der Waals surface area contributed by atoms with Crippen molar-refractivity contribution >= 4 is 26.9 Å². The van der Waals surface area contributed by atoms with Crippen molar-refractivity contribution in [2.45, 2.75) is 38.0 Å². The van der Waals surface area contributed by atoms with E-state index in [1.807, 2.05) is 36.9 Å². The number of sulfonamides is 1. The van der Waals surface area contributed by atoms with Crippen molar-refractivity contribution in [3.8, 4) is 0 Å². The van der Waals surface area contributed by atoms with Gasteiger partial charge in [-0.3, -0.25) is 4.79 Å². The lowest BCUT2D eigenvalue weighted by atomic mass is 9.97. The molecular formula is C24H28N2O4S. The van der Waals surface area contributed by atoms with Crippen LogP contribution >= 0.6 is 0 Å². The fourth-order valence-electron chi connectivity index (χ4n) is 4.09. The summed E-state index contributed by atoms with van der Waals surface area (Å²) in [5.74, 6) is 0.149. The molecular weight excluding hydrogens is 412 g/mol. The molecule has 0 radical (unpaired) electrons. The highest BCUT2D eigenvalue weighted by Gasteiger charge is 2.26. The highest BCUT2D eigenvalue weighted by molar-refractivity contribution is 7.89. The third-order valence-corrected chi connectivity index (χ3v) is 7.36. The number of furan rings is 1. The number of nitrogens with zero attached hydrogens (tertiary/aromatic N) is 1. The van der Waals surface area contributed by atoms with Crippen molar-refractivity contribution in [3.63, 3.8) is 0 Å². The Morgan fingerprint density at radius 3 is 2.65 bits per heavy atom. The molecule has 6 nitrogen and oxygen atoms in total. The SMILES string of the molecule is Cc1ccc(S(=O)(=O)NCC2CCCN(C(=O)Cc3coc4cc(C)ccc34)C2)cc1. The standard InChI is InChI=1S/C24H28N2O4S/c1-17-5-8-21(9-6-17)31(28,29)25-14-19-4-3-11-26(15-19)24(27)13-20-16-30-23-12-18(2)7-10-22(20)23/h5-10,12,16,19,25H,3-4,11,13-15H2,1-2H3. The average molecular weight is 441 g/mol. The van der Waals surface area contributed by atoms with E-state index in [2.05, 4.69) is 4.72 Å². The van der Waals surface area contributed by atoms with Crippen molar-refractivity contribution in [1.82, 2.24) is 9.62 Å². The number of rotatable bonds is 6. The number of piperidine rings is 1. The molecule has 31 heavy (non-hydrogen) atoms. The molecule has 2 aromatic carbocycles. The number of aryl methyl sites for hydroxylation is 2. The minimum atomic E-state index is -3.55. The molecule has 4 rings (SSSR count). The first-order valence-electron chi connectivity index (χ1n) is 10.6. The summed E-state index contributed by atoms with van der Waals surface area (Å²) in [6.07, 6.45) is 3.72. The van der Waals surface area contributed by atoms with Crippen molar-refractivity contribution < 1.29 is 17.6 Å². The molecule has 1 aromatic heterocycles. The quantitative estimate of drug-likeness (QED) is 0.632. The number of nitrogens with one attached hydrogen (secondary N) is 1. The number of hydrogen-bond acceptors (Lipinski definition) is 4. The molecule has 1 aliphatic heterocycles. The predicted octanol–water partition coefficient (Wildman–Crippen LogP) is 3.81. The van der Waals surface area contributed by atoms with E-state index in [1.54, 1.807) is 30.5 Å². The Morgan fingerprint density at radius 1 is 1.13 bits per heavy atom. The summed E-state index contributed by atoms with van der Waals surface area (Å²) in [6.45, 7) is 5.52. The number of benzene rings is 2. The first-order valence-corrected chi connectivity index (χ1v) is 12.1. The molecule has 1 N–H and O–H groups in total. The van der Waals surface area contributed by atoms with Crippen LogP contribution in [0.4, 0.5) is 0 Å². The fourth-order valence-corrected chi connectivity index (χ4v) is 5.20. The van der Waals surface area contributed by atoms with Gasteiger partial charge in [-0.2, -0.15) is 0 Å². The lowest BCUT2D eigenvalue weighted by Gasteiger charge is -2.33. The molecule has 164 valence electrons. The van der Waals surface area contributed by atoms with Gasteiger partial charge < -0.3 is 9.32 Å². The number of likely N-dealkylation sites (tertiary alicyclic amines) is 1. The van der Waals surface area contributed by atoms with Gasteiger partial charge >= 0.3 is 0 Å². The average Bonchev–Trinajstić information content (AvgIpc) is 3.14. The molecule has 1 aliphatic rings. The van der Waals surface area contributed by atoms with Crippen LogP contribution in [0, 0.1) is 19.8 Å². The van der Waals surface area contributed by atoms with Gasteiger partial charge in [-0.25, -0.2) is 13.1 Å². The Bertz CT molecular complexity index is 1180. The molecule has 3 aromatic rings.